The molecule has 1 aliphatic heterocycles. The van der Waals surface area contributed by atoms with Gasteiger partial charge in [-0.3, -0.25) is 10.1 Å². The summed E-state index contributed by atoms with van der Waals surface area (Å²) in [6.45, 7) is 0.453. The van der Waals surface area contributed by atoms with Crippen LogP contribution in [0, 0.1) is 10.1 Å². The minimum atomic E-state index is -4.14. The highest BCUT2D eigenvalue weighted by atomic mass is 32.2. The molecule has 3 rings (SSSR count). The summed E-state index contributed by atoms with van der Waals surface area (Å²) in [5.41, 5.74) is -0.580. The Labute approximate surface area is 176 Å². The summed E-state index contributed by atoms with van der Waals surface area (Å²) in [7, 11) is -4.14. The Morgan fingerprint density at radius 2 is 2.17 bits per heavy atom. The maximum atomic E-state index is 12.7. The number of nitrogens with one attached hydrogen (secondary N) is 1. The molecule has 1 aliphatic rings. The first-order valence-corrected chi connectivity index (χ1v) is 11.6. The number of carboxylic acid groups (broad SMARTS) is 1. The van der Waals surface area contributed by atoms with Crippen LogP contribution in [0.2, 0.25) is 0 Å². The van der Waals surface area contributed by atoms with Crippen LogP contribution in [0.1, 0.15) is 23.2 Å². The maximum Gasteiger partial charge on any atom is 0.341 e. The molecule has 1 fully saturated rings. The molecule has 11 nitrogen and oxygen atoms in total. The molecular formula is C17H19N5O6S2. The number of nitrogens with zero attached hydrogens (tertiary/aromatic N) is 4. The zero-order valence-electron chi connectivity index (χ0n) is 15.9. The summed E-state index contributed by atoms with van der Waals surface area (Å²) in [6.07, 6.45) is 4.33. The van der Waals surface area contributed by atoms with Crippen molar-refractivity contribution < 1.29 is 23.2 Å². The van der Waals surface area contributed by atoms with Gasteiger partial charge in [0.2, 0.25) is 10.0 Å². The van der Waals surface area contributed by atoms with Crippen LogP contribution in [0.25, 0.3) is 0 Å². The zero-order chi connectivity index (χ0) is 21.9. The Morgan fingerprint density at radius 3 is 2.83 bits per heavy atom. The quantitative estimate of drug-likeness (QED) is 0.261. The number of aromatic carboxylic acids is 1. The summed E-state index contributed by atoms with van der Waals surface area (Å²) in [4.78, 5) is 31.6. The Morgan fingerprint density at radius 1 is 1.43 bits per heavy atom. The van der Waals surface area contributed by atoms with Gasteiger partial charge >= 0.3 is 5.97 Å². The largest absolute Gasteiger partial charge is 0.477 e. The third kappa shape index (κ3) is 4.52. The van der Waals surface area contributed by atoms with Gasteiger partial charge in [-0.05, 0) is 25.2 Å². The van der Waals surface area contributed by atoms with Gasteiger partial charge < -0.3 is 10.0 Å². The number of hydrogen-bond acceptors (Lipinski definition) is 9. The van der Waals surface area contributed by atoms with E-state index in [4.69, 9.17) is 0 Å². The van der Waals surface area contributed by atoms with Crippen LogP contribution in [0.5, 0.6) is 0 Å². The van der Waals surface area contributed by atoms with Crippen molar-refractivity contribution in [2.45, 2.75) is 28.9 Å². The average Bonchev–Trinajstić information content (AvgIpc) is 3.20. The molecule has 30 heavy (non-hydrogen) atoms. The van der Waals surface area contributed by atoms with Crippen molar-refractivity contribution >= 4 is 39.3 Å². The van der Waals surface area contributed by atoms with E-state index in [1.54, 1.807) is 11.2 Å². The number of thioether (sulfide) groups is 1. The van der Waals surface area contributed by atoms with Gasteiger partial charge in [0, 0.05) is 31.4 Å². The smallest absolute Gasteiger partial charge is 0.341 e. The number of carbonyl (C=O) groups is 1. The summed E-state index contributed by atoms with van der Waals surface area (Å²) < 4.78 is 27.8. The van der Waals surface area contributed by atoms with Crippen LogP contribution in [0.3, 0.4) is 0 Å². The van der Waals surface area contributed by atoms with Gasteiger partial charge in [-0.2, -0.15) is 0 Å². The summed E-state index contributed by atoms with van der Waals surface area (Å²) in [5.74, 6) is -0.946. The minimum Gasteiger partial charge on any atom is -0.477 e. The first-order chi connectivity index (χ1) is 14.2. The lowest BCUT2D eigenvalue weighted by Gasteiger charge is -2.27. The number of para-hydroxylation sites is 1. The summed E-state index contributed by atoms with van der Waals surface area (Å²) >= 11 is 1.27. The standard InChI is InChI=1S/C17H19N5O6S2/c1-29-17-18-10-12(16(23)24)15(20-17)21-8-4-5-11(21)9-19-30(27,28)14-7-3-2-6-13(14)22(25)26/h2-3,6-7,10-11,19H,4-5,8-9H2,1H3,(H,23,24). The molecule has 1 saturated heterocycles. The van der Waals surface area contributed by atoms with E-state index in [1.807, 2.05) is 0 Å². The third-order valence-electron chi connectivity index (χ3n) is 4.67. The fraction of sp³-hybridized carbons (Fsp3) is 0.353. The highest BCUT2D eigenvalue weighted by molar-refractivity contribution is 7.98. The molecule has 1 aromatic heterocycles. The van der Waals surface area contributed by atoms with E-state index < -0.39 is 31.5 Å². The van der Waals surface area contributed by atoms with Crippen molar-refractivity contribution in [2.24, 2.45) is 0 Å². The summed E-state index contributed by atoms with van der Waals surface area (Å²) in [6, 6.07) is 4.74. The highest BCUT2D eigenvalue weighted by Crippen LogP contribution is 2.29. The van der Waals surface area contributed by atoms with E-state index in [0.29, 0.717) is 18.1 Å². The number of benzene rings is 1. The molecular weight excluding hydrogens is 434 g/mol. The Balaban J connectivity index is 1.85. The number of rotatable bonds is 8. The Hall–Kier alpha value is -2.77. The van der Waals surface area contributed by atoms with Gasteiger partial charge in [0.05, 0.1) is 4.92 Å². The van der Waals surface area contributed by atoms with Crippen molar-refractivity contribution in [1.29, 1.82) is 0 Å². The molecule has 1 unspecified atom stereocenters. The van der Waals surface area contributed by atoms with Crippen LogP contribution in [-0.2, 0) is 10.0 Å². The first kappa shape index (κ1) is 21.9. The maximum absolute atomic E-state index is 12.7. The minimum absolute atomic E-state index is 0.0496. The Kier molecular flexibility index (Phi) is 6.53. The number of aromatic nitrogens is 2. The van der Waals surface area contributed by atoms with E-state index in [0.717, 1.165) is 12.5 Å². The predicted molar refractivity (Wildman–Crippen MR) is 109 cm³/mol. The average molecular weight is 454 g/mol. The van der Waals surface area contributed by atoms with Gasteiger partial charge in [-0.1, -0.05) is 23.9 Å². The van der Waals surface area contributed by atoms with Gasteiger partial charge in [-0.25, -0.2) is 27.9 Å². The monoisotopic (exact) mass is 453 g/mol. The van der Waals surface area contributed by atoms with Crippen molar-refractivity contribution in [1.82, 2.24) is 14.7 Å². The van der Waals surface area contributed by atoms with Crippen molar-refractivity contribution in [3.63, 3.8) is 0 Å². The molecule has 160 valence electrons. The van der Waals surface area contributed by atoms with Crippen molar-refractivity contribution in [2.75, 3.05) is 24.2 Å². The number of sulfonamides is 1. The second-order valence-corrected chi connectivity index (χ2v) is 8.97. The number of hydrogen-bond donors (Lipinski definition) is 2. The van der Waals surface area contributed by atoms with E-state index >= 15 is 0 Å². The van der Waals surface area contributed by atoms with E-state index in [9.17, 15) is 28.4 Å². The first-order valence-electron chi connectivity index (χ1n) is 8.88. The second-order valence-electron chi connectivity index (χ2n) is 6.47. The fourth-order valence-corrected chi connectivity index (χ4v) is 4.85. The molecule has 2 heterocycles. The molecule has 0 bridgehead atoms. The molecule has 13 heteroatoms. The number of nitro groups is 1. The van der Waals surface area contributed by atoms with E-state index in [2.05, 4.69) is 14.7 Å². The molecule has 0 amide bonds. The Bertz CT molecular complexity index is 1080. The SMILES string of the molecule is CSc1ncc(C(=O)O)c(N2CCCC2CNS(=O)(=O)c2ccccc2[N+](=O)[O-])n1. The fourth-order valence-electron chi connectivity index (χ4n) is 3.27. The molecule has 2 N–H and O–H groups in total. The second kappa shape index (κ2) is 8.93. The molecule has 0 aliphatic carbocycles. The lowest BCUT2D eigenvalue weighted by atomic mass is 10.2. The number of carboxylic acids is 1. The van der Waals surface area contributed by atoms with Crippen molar-refractivity contribution in [3.8, 4) is 0 Å². The zero-order valence-corrected chi connectivity index (χ0v) is 17.5. The molecule has 0 radical (unpaired) electrons. The predicted octanol–water partition coefficient (Wildman–Crippen LogP) is 1.75. The van der Waals surface area contributed by atoms with Gasteiger partial charge in [0.25, 0.3) is 5.69 Å². The molecule has 1 aromatic carbocycles. The number of nitro benzene ring substituents is 1. The third-order valence-corrected chi connectivity index (χ3v) is 6.70. The summed E-state index contributed by atoms with van der Waals surface area (Å²) in [5, 5.41) is 21.0. The molecule has 1 atom stereocenters. The highest BCUT2D eigenvalue weighted by Gasteiger charge is 2.32. The topological polar surface area (TPSA) is 156 Å². The molecule has 0 saturated carbocycles. The normalized spacial score (nSPS) is 16.6. The van der Waals surface area contributed by atoms with Crippen LogP contribution in [0.15, 0.2) is 40.5 Å². The van der Waals surface area contributed by atoms with E-state index in [-0.39, 0.29) is 24.0 Å². The van der Waals surface area contributed by atoms with Crippen LogP contribution in [0.4, 0.5) is 11.5 Å². The number of anilines is 1. The lowest BCUT2D eigenvalue weighted by molar-refractivity contribution is -0.387. The molecule has 0 spiro atoms. The van der Waals surface area contributed by atoms with Crippen molar-refractivity contribution in [3.05, 3.63) is 46.1 Å². The lowest BCUT2D eigenvalue weighted by Crippen LogP contribution is -2.41. The van der Waals surface area contributed by atoms with Gasteiger partial charge in [0.15, 0.2) is 10.1 Å². The van der Waals surface area contributed by atoms with Gasteiger partial charge in [0.1, 0.15) is 11.4 Å². The van der Waals surface area contributed by atoms with Crippen LogP contribution >= 0.6 is 11.8 Å². The van der Waals surface area contributed by atoms with E-state index in [1.165, 1.54) is 36.2 Å². The van der Waals surface area contributed by atoms with Gasteiger partial charge in [-0.15, -0.1) is 0 Å². The van der Waals surface area contributed by atoms with Crippen LogP contribution < -0.4 is 9.62 Å². The van der Waals surface area contributed by atoms with Crippen LogP contribution in [-0.4, -0.2) is 59.8 Å². The molecule has 2 aromatic rings.